The van der Waals surface area contributed by atoms with E-state index in [0.717, 1.165) is 24.7 Å². The number of aliphatic imine (C=N–C) groups is 1. The Bertz CT molecular complexity index is 772. The summed E-state index contributed by atoms with van der Waals surface area (Å²) in [6.07, 6.45) is 4.08. The zero-order chi connectivity index (χ0) is 20.4. The summed E-state index contributed by atoms with van der Waals surface area (Å²) in [5.74, 6) is 2.30. The molecule has 0 spiro atoms. The van der Waals surface area contributed by atoms with Crippen LogP contribution >= 0.6 is 0 Å². The maximum Gasteiger partial charge on any atom is 0.410 e. The van der Waals surface area contributed by atoms with Gasteiger partial charge in [-0.2, -0.15) is 0 Å². The summed E-state index contributed by atoms with van der Waals surface area (Å²) in [5.41, 5.74) is 0.642. The van der Waals surface area contributed by atoms with Crippen molar-refractivity contribution in [1.82, 2.24) is 20.1 Å². The number of hydrogen-bond acceptors (Lipinski definition) is 7. The number of fused-ring (bicyclic) bond motifs is 1. The van der Waals surface area contributed by atoms with Crippen LogP contribution in [0.4, 0.5) is 4.79 Å². The Morgan fingerprint density at radius 3 is 2.90 bits per heavy atom. The number of hydrogen-bond donors (Lipinski definition) is 1. The first-order valence-electron chi connectivity index (χ1n) is 10.5. The van der Waals surface area contributed by atoms with Gasteiger partial charge in [0.1, 0.15) is 5.60 Å². The van der Waals surface area contributed by atoms with E-state index in [9.17, 15) is 4.79 Å². The minimum atomic E-state index is -0.473. The first kappa shape index (κ1) is 19.8. The van der Waals surface area contributed by atoms with Crippen molar-refractivity contribution in [1.29, 1.82) is 0 Å². The van der Waals surface area contributed by atoms with Gasteiger partial charge in [-0.05, 0) is 51.2 Å². The maximum atomic E-state index is 12.3. The van der Waals surface area contributed by atoms with Crippen molar-refractivity contribution >= 4 is 12.1 Å². The van der Waals surface area contributed by atoms with Gasteiger partial charge in [-0.25, -0.2) is 9.78 Å². The standard InChI is InChI=1S/C21H31N5O3/c1-21(2,3)29-20(27)25-8-9-26-17(13-25)12-24-19(26)23-11-16-6-7-22-18(10-16)28-14-15-4-5-15/h6-7,10,15,17H,4-5,8-9,11-14H2,1-3H3,(H,23,24). The molecule has 1 aromatic heterocycles. The molecule has 0 bridgehead atoms. The highest BCUT2D eigenvalue weighted by molar-refractivity contribution is 5.82. The van der Waals surface area contributed by atoms with Crippen LogP contribution < -0.4 is 10.1 Å². The molecule has 1 saturated carbocycles. The van der Waals surface area contributed by atoms with Crippen LogP contribution in [0.25, 0.3) is 0 Å². The van der Waals surface area contributed by atoms with Gasteiger partial charge in [0.25, 0.3) is 0 Å². The summed E-state index contributed by atoms with van der Waals surface area (Å²) in [6, 6.07) is 4.18. The third-order valence-corrected chi connectivity index (χ3v) is 5.27. The van der Waals surface area contributed by atoms with Gasteiger partial charge in [0.2, 0.25) is 5.88 Å². The van der Waals surface area contributed by atoms with Crippen molar-refractivity contribution in [3.8, 4) is 5.88 Å². The zero-order valence-corrected chi connectivity index (χ0v) is 17.6. The van der Waals surface area contributed by atoms with E-state index in [1.165, 1.54) is 12.8 Å². The molecule has 3 heterocycles. The summed E-state index contributed by atoms with van der Waals surface area (Å²) in [7, 11) is 0. The molecular formula is C21H31N5O3. The third kappa shape index (κ3) is 5.31. The van der Waals surface area contributed by atoms with Crippen LogP contribution in [0, 0.1) is 5.92 Å². The van der Waals surface area contributed by atoms with Crippen LogP contribution in [0.15, 0.2) is 23.3 Å². The normalized spacial score (nSPS) is 21.5. The highest BCUT2D eigenvalue weighted by atomic mass is 16.6. The van der Waals surface area contributed by atoms with Crippen LogP contribution in [0.5, 0.6) is 5.88 Å². The summed E-state index contributed by atoms with van der Waals surface area (Å²) in [4.78, 5) is 25.3. The number of amides is 1. The van der Waals surface area contributed by atoms with Gasteiger partial charge in [-0.15, -0.1) is 0 Å². The first-order chi connectivity index (χ1) is 13.9. The highest BCUT2D eigenvalue weighted by Crippen LogP contribution is 2.29. The lowest BCUT2D eigenvalue weighted by molar-refractivity contribution is 0.0137. The Labute approximate surface area is 172 Å². The second kappa shape index (κ2) is 8.08. The van der Waals surface area contributed by atoms with Crippen molar-refractivity contribution < 1.29 is 14.3 Å². The van der Waals surface area contributed by atoms with E-state index in [2.05, 4.69) is 20.2 Å². The molecule has 1 atom stereocenters. The molecule has 4 rings (SSSR count). The van der Waals surface area contributed by atoms with Gasteiger partial charge in [0.05, 0.1) is 19.2 Å². The van der Waals surface area contributed by atoms with Crippen molar-refractivity contribution in [2.75, 3.05) is 32.8 Å². The lowest BCUT2D eigenvalue weighted by atomic mass is 10.2. The highest BCUT2D eigenvalue weighted by Gasteiger charge is 2.36. The molecule has 0 aromatic carbocycles. The maximum absolute atomic E-state index is 12.3. The first-order valence-corrected chi connectivity index (χ1v) is 10.5. The van der Waals surface area contributed by atoms with Gasteiger partial charge in [0, 0.05) is 38.4 Å². The summed E-state index contributed by atoms with van der Waals surface area (Å²) in [5, 5.41) is 3.44. The smallest absolute Gasteiger partial charge is 0.410 e. The zero-order valence-electron chi connectivity index (χ0n) is 17.6. The molecule has 158 valence electrons. The molecule has 2 aliphatic heterocycles. The van der Waals surface area contributed by atoms with E-state index in [1.807, 2.05) is 32.9 Å². The predicted octanol–water partition coefficient (Wildman–Crippen LogP) is 2.25. The number of carbonyl (C=O) groups is 1. The van der Waals surface area contributed by atoms with E-state index < -0.39 is 5.60 Å². The van der Waals surface area contributed by atoms with Gasteiger partial charge in [-0.1, -0.05) is 0 Å². The van der Waals surface area contributed by atoms with Crippen LogP contribution in [0.2, 0.25) is 0 Å². The molecule has 1 aromatic rings. The van der Waals surface area contributed by atoms with Crippen molar-refractivity contribution in [2.24, 2.45) is 10.9 Å². The summed E-state index contributed by atoms with van der Waals surface area (Å²) in [6.45, 7) is 9.82. The lowest BCUT2D eigenvalue weighted by Gasteiger charge is -2.39. The van der Waals surface area contributed by atoms with E-state index in [0.29, 0.717) is 38.0 Å². The molecule has 0 radical (unpaired) electrons. The fourth-order valence-corrected chi connectivity index (χ4v) is 3.53. The minimum Gasteiger partial charge on any atom is -0.477 e. The largest absolute Gasteiger partial charge is 0.477 e. The Kier molecular flexibility index (Phi) is 5.52. The Morgan fingerprint density at radius 2 is 2.14 bits per heavy atom. The fraction of sp³-hybridized carbons (Fsp3) is 0.667. The van der Waals surface area contributed by atoms with E-state index in [1.54, 1.807) is 11.1 Å². The molecular weight excluding hydrogens is 370 g/mol. The molecule has 29 heavy (non-hydrogen) atoms. The lowest BCUT2D eigenvalue weighted by Crippen LogP contribution is -2.57. The molecule has 1 saturated heterocycles. The number of nitrogens with one attached hydrogen (secondary N) is 1. The molecule has 2 fully saturated rings. The van der Waals surface area contributed by atoms with E-state index in [-0.39, 0.29) is 12.1 Å². The number of pyridine rings is 1. The number of ether oxygens (including phenoxy) is 2. The van der Waals surface area contributed by atoms with Gasteiger partial charge >= 0.3 is 6.09 Å². The number of piperazine rings is 1. The predicted molar refractivity (Wildman–Crippen MR) is 110 cm³/mol. The molecule has 1 amide bonds. The van der Waals surface area contributed by atoms with Gasteiger partial charge < -0.3 is 24.6 Å². The SMILES string of the molecule is CC(C)(C)OC(=O)N1CCN2C(NCc3ccnc(OCC4CC4)c3)=NCC2C1. The van der Waals surface area contributed by atoms with Gasteiger partial charge in [-0.3, -0.25) is 4.99 Å². The van der Waals surface area contributed by atoms with Crippen molar-refractivity contribution in [3.05, 3.63) is 23.9 Å². The second-order valence-corrected chi connectivity index (χ2v) is 9.05. The quantitative estimate of drug-likeness (QED) is 0.815. The van der Waals surface area contributed by atoms with Crippen LogP contribution in [-0.2, 0) is 11.3 Å². The number of guanidine groups is 1. The molecule has 8 nitrogen and oxygen atoms in total. The molecule has 3 aliphatic rings. The second-order valence-electron chi connectivity index (χ2n) is 9.05. The Hall–Kier alpha value is -2.51. The summed E-state index contributed by atoms with van der Waals surface area (Å²) < 4.78 is 11.3. The molecule has 1 N–H and O–H groups in total. The Balaban J connectivity index is 1.26. The number of aromatic nitrogens is 1. The average molecular weight is 402 g/mol. The molecule has 1 aliphatic carbocycles. The number of carbonyl (C=O) groups excluding carboxylic acids is 1. The van der Waals surface area contributed by atoms with Gasteiger partial charge in [0.15, 0.2) is 5.96 Å². The monoisotopic (exact) mass is 401 g/mol. The Morgan fingerprint density at radius 1 is 1.31 bits per heavy atom. The summed E-state index contributed by atoms with van der Waals surface area (Å²) >= 11 is 0. The van der Waals surface area contributed by atoms with Crippen LogP contribution in [0.3, 0.4) is 0 Å². The van der Waals surface area contributed by atoms with Crippen molar-refractivity contribution in [3.63, 3.8) is 0 Å². The number of nitrogens with zero attached hydrogens (tertiary/aromatic N) is 4. The topological polar surface area (TPSA) is 79.3 Å². The van der Waals surface area contributed by atoms with E-state index >= 15 is 0 Å². The molecule has 1 unspecified atom stereocenters. The van der Waals surface area contributed by atoms with Crippen molar-refractivity contribution in [2.45, 2.75) is 51.8 Å². The van der Waals surface area contributed by atoms with Crippen LogP contribution in [0.1, 0.15) is 39.2 Å². The fourth-order valence-electron chi connectivity index (χ4n) is 3.53. The molecule has 8 heteroatoms. The van der Waals surface area contributed by atoms with Crippen LogP contribution in [-0.4, -0.2) is 71.3 Å². The number of rotatable bonds is 5. The minimum absolute atomic E-state index is 0.202. The average Bonchev–Trinajstić information content (AvgIpc) is 3.42. The third-order valence-electron chi connectivity index (χ3n) is 5.27. The van der Waals surface area contributed by atoms with E-state index in [4.69, 9.17) is 9.47 Å².